The molecule has 0 radical (unpaired) electrons. The van der Waals surface area contributed by atoms with Crippen molar-refractivity contribution >= 4 is 9.84 Å². The van der Waals surface area contributed by atoms with Gasteiger partial charge in [0, 0.05) is 18.8 Å². The molecule has 4 nitrogen and oxygen atoms in total. The molecule has 2 unspecified atom stereocenters. The summed E-state index contributed by atoms with van der Waals surface area (Å²) >= 11 is 0. The highest BCUT2D eigenvalue weighted by Crippen LogP contribution is 2.32. The fraction of sp³-hybridized carbons (Fsp3) is 1.00. The lowest BCUT2D eigenvalue weighted by molar-refractivity contribution is -0.0330. The second-order valence-corrected chi connectivity index (χ2v) is 7.63. The van der Waals surface area contributed by atoms with Crippen molar-refractivity contribution in [2.24, 2.45) is 0 Å². The predicted molar refractivity (Wildman–Crippen MR) is 63.1 cm³/mol. The van der Waals surface area contributed by atoms with Crippen molar-refractivity contribution < 1.29 is 13.5 Å². The molecular formula is C11H21NO3S. The molecule has 0 aromatic heterocycles. The van der Waals surface area contributed by atoms with Crippen LogP contribution in [0.15, 0.2) is 0 Å². The highest BCUT2D eigenvalue weighted by Gasteiger charge is 2.38. The third-order valence-electron chi connectivity index (χ3n) is 3.98. The van der Waals surface area contributed by atoms with E-state index in [1.807, 2.05) is 0 Å². The van der Waals surface area contributed by atoms with E-state index < -0.39 is 15.4 Å². The van der Waals surface area contributed by atoms with Gasteiger partial charge in [0.25, 0.3) is 0 Å². The van der Waals surface area contributed by atoms with Crippen LogP contribution in [0.2, 0.25) is 0 Å². The van der Waals surface area contributed by atoms with Crippen LogP contribution in [-0.2, 0) is 9.84 Å². The molecule has 2 N–H and O–H groups in total. The number of hydrogen-bond donors (Lipinski definition) is 2. The Balaban J connectivity index is 1.89. The van der Waals surface area contributed by atoms with Gasteiger partial charge in [0.15, 0.2) is 9.84 Å². The van der Waals surface area contributed by atoms with Gasteiger partial charge in [-0.3, -0.25) is 0 Å². The molecule has 2 aliphatic rings. The quantitative estimate of drug-likeness (QED) is 0.757. The Labute approximate surface area is 97.3 Å². The molecule has 0 aromatic carbocycles. The van der Waals surface area contributed by atoms with Gasteiger partial charge in [0.1, 0.15) is 0 Å². The SMILES string of the molecule is CS(=O)(=O)C1CCCC1NCC1(O)CCC1. The summed E-state index contributed by atoms with van der Waals surface area (Å²) in [6.07, 6.45) is 6.72. The van der Waals surface area contributed by atoms with E-state index in [-0.39, 0.29) is 11.3 Å². The average Bonchev–Trinajstić information content (AvgIpc) is 2.58. The molecule has 2 rings (SSSR count). The fourth-order valence-corrected chi connectivity index (χ4v) is 4.18. The zero-order valence-corrected chi connectivity index (χ0v) is 10.6. The number of sulfone groups is 1. The lowest BCUT2D eigenvalue weighted by Crippen LogP contribution is -2.51. The highest BCUT2D eigenvalue weighted by molar-refractivity contribution is 7.91. The molecule has 0 amide bonds. The monoisotopic (exact) mass is 247 g/mol. The molecule has 2 atom stereocenters. The van der Waals surface area contributed by atoms with Crippen molar-refractivity contribution in [3.05, 3.63) is 0 Å². The molecule has 0 heterocycles. The smallest absolute Gasteiger partial charge is 0.151 e. The van der Waals surface area contributed by atoms with Crippen molar-refractivity contribution in [1.29, 1.82) is 0 Å². The van der Waals surface area contributed by atoms with Gasteiger partial charge in [-0.1, -0.05) is 6.42 Å². The molecule has 94 valence electrons. The zero-order valence-electron chi connectivity index (χ0n) is 9.78. The Morgan fingerprint density at radius 1 is 1.31 bits per heavy atom. The first-order valence-electron chi connectivity index (χ1n) is 6.05. The summed E-state index contributed by atoms with van der Waals surface area (Å²) in [5.74, 6) is 0. The fourth-order valence-electron chi connectivity index (χ4n) is 2.75. The molecule has 0 bridgehead atoms. The first-order chi connectivity index (χ1) is 7.41. The second kappa shape index (κ2) is 4.27. The summed E-state index contributed by atoms with van der Waals surface area (Å²) in [7, 11) is -2.95. The third kappa shape index (κ3) is 2.57. The molecule has 16 heavy (non-hydrogen) atoms. The largest absolute Gasteiger partial charge is 0.389 e. The van der Waals surface area contributed by atoms with Gasteiger partial charge in [0.2, 0.25) is 0 Å². The average molecular weight is 247 g/mol. The van der Waals surface area contributed by atoms with Gasteiger partial charge in [-0.2, -0.15) is 0 Å². The molecule has 0 spiro atoms. The summed E-state index contributed by atoms with van der Waals surface area (Å²) in [4.78, 5) is 0. The van der Waals surface area contributed by atoms with E-state index in [2.05, 4.69) is 5.32 Å². The van der Waals surface area contributed by atoms with Gasteiger partial charge in [-0.05, 0) is 32.1 Å². The lowest BCUT2D eigenvalue weighted by Gasteiger charge is -2.38. The maximum absolute atomic E-state index is 11.5. The van der Waals surface area contributed by atoms with Gasteiger partial charge >= 0.3 is 0 Å². The maximum atomic E-state index is 11.5. The summed E-state index contributed by atoms with van der Waals surface area (Å²) in [6, 6.07) is 0.0413. The summed E-state index contributed by atoms with van der Waals surface area (Å²) in [5, 5.41) is 12.9. The summed E-state index contributed by atoms with van der Waals surface area (Å²) < 4.78 is 23.1. The van der Waals surface area contributed by atoms with Crippen LogP contribution in [0, 0.1) is 0 Å². The van der Waals surface area contributed by atoms with Crippen LogP contribution < -0.4 is 5.32 Å². The predicted octanol–water partition coefficient (Wildman–Crippen LogP) is 0.457. The van der Waals surface area contributed by atoms with Gasteiger partial charge in [0.05, 0.1) is 10.9 Å². The number of aliphatic hydroxyl groups is 1. The maximum Gasteiger partial charge on any atom is 0.151 e. The molecule has 5 heteroatoms. The Hall–Kier alpha value is -0.130. The molecular weight excluding hydrogens is 226 g/mol. The molecule has 0 aliphatic heterocycles. The minimum absolute atomic E-state index is 0.0413. The Kier molecular flexibility index (Phi) is 3.29. The first kappa shape index (κ1) is 12.3. The molecule has 0 saturated heterocycles. The van der Waals surface area contributed by atoms with E-state index in [1.54, 1.807) is 0 Å². The zero-order chi connectivity index (χ0) is 11.8. The van der Waals surface area contributed by atoms with Crippen LogP contribution in [0.3, 0.4) is 0 Å². The second-order valence-electron chi connectivity index (χ2n) is 5.36. The van der Waals surface area contributed by atoms with Crippen LogP contribution >= 0.6 is 0 Å². The number of nitrogens with one attached hydrogen (secondary N) is 1. The molecule has 0 aromatic rings. The first-order valence-corrected chi connectivity index (χ1v) is 8.01. The Morgan fingerprint density at radius 3 is 2.50 bits per heavy atom. The van der Waals surface area contributed by atoms with E-state index in [1.165, 1.54) is 6.26 Å². The highest BCUT2D eigenvalue weighted by atomic mass is 32.2. The Bertz CT molecular complexity index is 348. The van der Waals surface area contributed by atoms with Crippen molar-refractivity contribution in [3.8, 4) is 0 Å². The lowest BCUT2D eigenvalue weighted by atomic mass is 9.80. The minimum atomic E-state index is -2.95. The number of rotatable bonds is 4. The van der Waals surface area contributed by atoms with Crippen LogP contribution in [0.1, 0.15) is 38.5 Å². The van der Waals surface area contributed by atoms with Crippen molar-refractivity contribution in [3.63, 3.8) is 0 Å². The van der Waals surface area contributed by atoms with Crippen LogP contribution in [0.4, 0.5) is 0 Å². The molecule has 2 aliphatic carbocycles. The van der Waals surface area contributed by atoms with Gasteiger partial charge in [-0.15, -0.1) is 0 Å². The number of hydrogen-bond acceptors (Lipinski definition) is 4. The minimum Gasteiger partial charge on any atom is -0.389 e. The van der Waals surface area contributed by atoms with E-state index in [4.69, 9.17) is 0 Å². The van der Waals surface area contributed by atoms with Crippen molar-refractivity contribution in [2.45, 2.75) is 55.4 Å². The molecule has 2 saturated carbocycles. The Morgan fingerprint density at radius 2 is 2.00 bits per heavy atom. The van der Waals surface area contributed by atoms with E-state index in [9.17, 15) is 13.5 Å². The molecule has 2 fully saturated rings. The van der Waals surface area contributed by atoms with Crippen molar-refractivity contribution in [2.75, 3.05) is 12.8 Å². The van der Waals surface area contributed by atoms with Crippen LogP contribution in [-0.4, -0.2) is 43.2 Å². The summed E-state index contributed by atoms with van der Waals surface area (Å²) in [5.41, 5.74) is -0.565. The van der Waals surface area contributed by atoms with E-state index >= 15 is 0 Å². The van der Waals surface area contributed by atoms with E-state index in [0.29, 0.717) is 6.54 Å². The van der Waals surface area contributed by atoms with E-state index in [0.717, 1.165) is 38.5 Å². The van der Waals surface area contributed by atoms with Gasteiger partial charge < -0.3 is 10.4 Å². The van der Waals surface area contributed by atoms with Crippen molar-refractivity contribution in [1.82, 2.24) is 5.32 Å². The van der Waals surface area contributed by atoms with Crippen LogP contribution in [0.25, 0.3) is 0 Å². The third-order valence-corrected chi connectivity index (χ3v) is 5.64. The van der Waals surface area contributed by atoms with Gasteiger partial charge in [-0.25, -0.2) is 8.42 Å². The summed E-state index contributed by atoms with van der Waals surface area (Å²) in [6.45, 7) is 0.545. The topological polar surface area (TPSA) is 66.4 Å². The standard InChI is InChI=1S/C11H21NO3S/c1-16(14,15)10-5-2-4-9(10)12-8-11(13)6-3-7-11/h9-10,12-13H,2-8H2,1H3. The normalized spacial score (nSPS) is 33.6. The van der Waals surface area contributed by atoms with Crippen LogP contribution in [0.5, 0.6) is 0 Å².